The number of hydrogen-bond donors (Lipinski definition) is 1. The molecule has 0 aliphatic heterocycles. The molecule has 0 aromatic carbocycles. The molecule has 3 heteroatoms. The predicted molar refractivity (Wildman–Crippen MR) is 54.3 cm³/mol. The van der Waals surface area contributed by atoms with Gasteiger partial charge in [0.05, 0.1) is 0 Å². The lowest BCUT2D eigenvalue weighted by molar-refractivity contribution is 0.798. The fourth-order valence-corrected chi connectivity index (χ4v) is 1.56. The molecular weight excluding hydrogens is 251 g/mol. The molecule has 0 saturated carbocycles. The number of halogens is 1. The minimum Gasteiger partial charge on any atom is -0.324 e. The molecule has 0 spiro atoms. The highest BCUT2D eigenvalue weighted by atomic mass is 127. The molecule has 1 aromatic heterocycles. The Kier molecular flexibility index (Phi) is 2.84. The van der Waals surface area contributed by atoms with E-state index in [1.54, 1.807) is 0 Å². The van der Waals surface area contributed by atoms with E-state index in [2.05, 4.69) is 27.6 Å². The second-order valence-corrected chi connectivity index (χ2v) is 3.70. The van der Waals surface area contributed by atoms with E-state index in [1.807, 2.05) is 26.0 Å². The first-order chi connectivity index (χ1) is 5.11. The van der Waals surface area contributed by atoms with E-state index in [4.69, 9.17) is 5.73 Å². The van der Waals surface area contributed by atoms with Crippen LogP contribution in [0.2, 0.25) is 0 Å². The topological polar surface area (TPSA) is 38.9 Å². The van der Waals surface area contributed by atoms with Gasteiger partial charge in [-0.05, 0) is 48.1 Å². The molecule has 1 rings (SSSR count). The molecule has 0 unspecified atom stereocenters. The van der Waals surface area contributed by atoms with Crippen LogP contribution in [-0.2, 0) is 0 Å². The normalized spacial score (nSPS) is 13.1. The first kappa shape index (κ1) is 8.93. The van der Waals surface area contributed by atoms with Gasteiger partial charge in [0.15, 0.2) is 0 Å². The number of aromatic nitrogens is 1. The Bertz CT molecular complexity index is 258. The van der Waals surface area contributed by atoms with Crippen molar-refractivity contribution in [3.8, 4) is 0 Å². The average molecular weight is 262 g/mol. The first-order valence-electron chi connectivity index (χ1n) is 3.50. The Balaban J connectivity index is 3.09. The van der Waals surface area contributed by atoms with Crippen LogP contribution < -0.4 is 5.73 Å². The summed E-state index contributed by atoms with van der Waals surface area (Å²) in [5, 5.41) is 0. The van der Waals surface area contributed by atoms with Gasteiger partial charge in [0.2, 0.25) is 0 Å². The SMILES string of the molecule is Cc1nc(I)ccc1[C@@H](C)N. The average Bonchev–Trinajstić information content (AvgIpc) is 1.85. The van der Waals surface area contributed by atoms with Crippen LogP contribution in [0.15, 0.2) is 12.1 Å². The number of nitrogens with zero attached hydrogens (tertiary/aromatic N) is 1. The monoisotopic (exact) mass is 262 g/mol. The minimum absolute atomic E-state index is 0.0829. The summed E-state index contributed by atoms with van der Waals surface area (Å²) in [5.74, 6) is 0. The lowest BCUT2D eigenvalue weighted by Crippen LogP contribution is -2.08. The number of aryl methyl sites for hydroxylation is 1. The smallest absolute Gasteiger partial charge is 0.101 e. The van der Waals surface area contributed by atoms with Crippen molar-refractivity contribution < 1.29 is 0 Å². The van der Waals surface area contributed by atoms with Gasteiger partial charge >= 0.3 is 0 Å². The largest absolute Gasteiger partial charge is 0.324 e. The van der Waals surface area contributed by atoms with Crippen LogP contribution in [0.3, 0.4) is 0 Å². The van der Waals surface area contributed by atoms with Crippen LogP contribution >= 0.6 is 22.6 Å². The minimum atomic E-state index is 0.0829. The van der Waals surface area contributed by atoms with E-state index in [0.29, 0.717) is 0 Å². The molecule has 1 heterocycles. The summed E-state index contributed by atoms with van der Waals surface area (Å²) in [6.45, 7) is 3.96. The molecule has 2 N–H and O–H groups in total. The van der Waals surface area contributed by atoms with Gasteiger partial charge in [0.1, 0.15) is 3.70 Å². The van der Waals surface area contributed by atoms with Crippen molar-refractivity contribution in [2.24, 2.45) is 5.73 Å². The number of pyridine rings is 1. The van der Waals surface area contributed by atoms with Crippen molar-refractivity contribution in [2.75, 3.05) is 0 Å². The highest BCUT2D eigenvalue weighted by molar-refractivity contribution is 14.1. The molecule has 0 bridgehead atoms. The van der Waals surface area contributed by atoms with Gasteiger partial charge in [-0.1, -0.05) is 6.07 Å². The molecule has 0 fully saturated rings. The molecule has 60 valence electrons. The van der Waals surface area contributed by atoms with E-state index in [1.165, 1.54) is 0 Å². The van der Waals surface area contributed by atoms with Gasteiger partial charge in [-0.3, -0.25) is 0 Å². The van der Waals surface area contributed by atoms with Crippen LogP contribution in [0.4, 0.5) is 0 Å². The summed E-state index contributed by atoms with van der Waals surface area (Å²) in [6.07, 6.45) is 0. The van der Waals surface area contributed by atoms with Gasteiger partial charge in [-0.15, -0.1) is 0 Å². The van der Waals surface area contributed by atoms with E-state index in [-0.39, 0.29) is 6.04 Å². The van der Waals surface area contributed by atoms with Gasteiger partial charge in [0, 0.05) is 11.7 Å². The lowest BCUT2D eigenvalue weighted by atomic mass is 10.1. The second-order valence-electron chi connectivity index (χ2n) is 2.60. The zero-order valence-corrected chi connectivity index (χ0v) is 8.79. The molecular formula is C8H11IN2. The zero-order chi connectivity index (χ0) is 8.43. The number of nitrogens with two attached hydrogens (primary N) is 1. The maximum absolute atomic E-state index is 5.72. The molecule has 0 aliphatic carbocycles. The molecule has 11 heavy (non-hydrogen) atoms. The summed E-state index contributed by atoms with van der Waals surface area (Å²) in [6, 6.07) is 4.10. The van der Waals surface area contributed by atoms with Crippen molar-refractivity contribution in [1.82, 2.24) is 4.98 Å². The van der Waals surface area contributed by atoms with Crippen LogP contribution in [0.25, 0.3) is 0 Å². The van der Waals surface area contributed by atoms with Crippen molar-refractivity contribution >= 4 is 22.6 Å². The second kappa shape index (κ2) is 3.49. The van der Waals surface area contributed by atoms with Gasteiger partial charge in [0.25, 0.3) is 0 Å². The molecule has 0 radical (unpaired) electrons. The van der Waals surface area contributed by atoms with Crippen molar-refractivity contribution in [3.63, 3.8) is 0 Å². The summed E-state index contributed by atoms with van der Waals surface area (Å²) in [5.41, 5.74) is 7.89. The molecule has 2 nitrogen and oxygen atoms in total. The maximum Gasteiger partial charge on any atom is 0.101 e. The quantitative estimate of drug-likeness (QED) is 0.621. The summed E-state index contributed by atoms with van der Waals surface area (Å²) < 4.78 is 1.02. The summed E-state index contributed by atoms with van der Waals surface area (Å²) in [7, 11) is 0. The highest BCUT2D eigenvalue weighted by Gasteiger charge is 2.03. The first-order valence-corrected chi connectivity index (χ1v) is 4.57. The van der Waals surface area contributed by atoms with E-state index in [9.17, 15) is 0 Å². The summed E-state index contributed by atoms with van der Waals surface area (Å²) >= 11 is 2.19. The number of hydrogen-bond acceptors (Lipinski definition) is 2. The Morgan fingerprint density at radius 3 is 2.64 bits per heavy atom. The van der Waals surface area contributed by atoms with Crippen LogP contribution in [0.1, 0.15) is 24.2 Å². The third kappa shape index (κ3) is 2.13. The van der Waals surface area contributed by atoms with E-state index < -0.39 is 0 Å². The van der Waals surface area contributed by atoms with Crippen molar-refractivity contribution in [1.29, 1.82) is 0 Å². The van der Waals surface area contributed by atoms with Crippen LogP contribution in [0, 0.1) is 10.6 Å². The fraction of sp³-hybridized carbons (Fsp3) is 0.375. The van der Waals surface area contributed by atoms with Gasteiger partial charge in [-0.2, -0.15) is 0 Å². The summed E-state index contributed by atoms with van der Waals surface area (Å²) in [4.78, 5) is 4.30. The Morgan fingerprint density at radius 2 is 2.18 bits per heavy atom. The van der Waals surface area contributed by atoms with Gasteiger partial charge in [-0.25, -0.2) is 4.98 Å². The molecule has 0 amide bonds. The molecule has 1 atom stereocenters. The molecule has 1 aromatic rings. The van der Waals surface area contributed by atoms with Crippen LogP contribution in [0.5, 0.6) is 0 Å². The Hall–Kier alpha value is -0.160. The zero-order valence-electron chi connectivity index (χ0n) is 6.63. The maximum atomic E-state index is 5.72. The van der Waals surface area contributed by atoms with Crippen molar-refractivity contribution in [3.05, 3.63) is 27.1 Å². The van der Waals surface area contributed by atoms with Crippen molar-refractivity contribution in [2.45, 2.75) is 19.9 Å². The van der Waals surface area contributed by atoms with E-state index >= 15 is 0 Å². The lowest BCUT2D eigenvalue weighted by Gasteiger charge is -2.07. The Morgan fingerprint density at radius 1 is 1.55 bits per heavy atom. The fourth-order valence-electron chi connectivity index (χ4n) is 1.02. The number of rotatable bonds is 1. The van der Waals surface area contributed by atoms with Crippen LogP contribution in [-0.4, -0.2) is 4.98 Å². The third-order valence-corrected chi connectivity index (χ3v) is 2.18. The van der Waals surface area contributed by atoms with E-state index in [0.717, 1.165) is 15.0 Å². The molecule has 0 aliphatic rings. The third-order valence-electron chi connectivity index (χ3n) is 1.58. The molecule has 0 saturated heterocycles. The van der Waals surface area contributed by atoms with Gasteiger partial charge < -0.3 is 5.73 Å². The standard InChI is InChI=1S/C8H11IN2/c1-5(10)7-3-4-8(9)11-6(7)2/h3-5H,10H2,1-2H3/t5-/m1/s1. The highest BCUT2D eigenvalue weighted by Crippen LogP contribution is 2.14. The Labute approximate surface area is 80.3 Å². The predicted octanol–water partition coefficient (Wildman–Crippen LogP) is 2.01.